The number of halogens is 1. The van der Waals surface area contributed by atoms with E-state index in [1.54, 1.807) is 13.1 Å². The molecule has 4 N–H and O–H groups in total. The van der Waals surface area contributed by atoms with Gasteiger partial charge in [-0.15, -0.1) is 0 Å². The average Bonchev–Trinajstić information content (AvgIpc) is 2.66. The highest BCUT2D eigenvalue weighted by Gasteiger charge is 2.47. The molecule has 102 valence electrons. The number of nitrogens with zero attached hydrogens (tertiary/aromatic N) is 2. The van der Waals surface area contributed by atoms with E-state index in [1.165, 1.54) is 11.1 Å². The summed E-state index contributed by atoms with van der Waals surface area (Å²) in [7, 11) is 1.55. The SMILES string of the molecule is CN=C1C=CN(C2OC(CO)C(O)C2F)C(O)N1. The zero-order valence-corrected chi connectivity index (χ0v) is 9.77. The van der Waals surface area contributed by atoms with E-state index >= 15 is 0 Å². The van der Waals surface area contributed by atoms with E-state index in [2.05, 4.69) is 10.3 Å². The van der Waals surface area contributed by atoms with E-state index in [0.717, 1.165) is 0 Å². The van der Waals surface area contributed by atoms with Crippen LogP contribution in [0.25, 0.3) is 0 Å². The van der Waals surface area contributed by atoms with Crippen molar-refractivity contribution in [1.82, 2.24) is 10.2 Å². The van der Waals surface area contributed by atoms with Gasteiger partial charge in [0.1, 0.15) is 18.0 Å². The fourth-order valence-corrected chi connectivity index (χ4v) is 1.95. The number of amidine groups is 1. The van der Waals surface area contributed by atoms with Crippen molar-refractivity contribution >= 4 is 5.84 Å². The third kappa shape index (κ3) is 2.19. The van der Waals surface area contributed by atoms with E-state index < -0.39 is 37.6 Å². The van der Waals surface area contributed by atoms with Crippen molar-refractivity contribution < 1.29 is 24.4 Å². The molecule has 0 spiro atoms. The summed E-state index contributed by atoms with van der Waals surface area (Å²) >= 11 is 0. The van der Waals surface area contributed by atoms with Crippen molar-refractivity contribution in [2.75, 3.05) is 13.7 Å². The van der Waals surface area contributed by atoms with Crippen LogP contribution in [0, 0.1) is 0 Å². The first-order valence-electron chi connectivity index (χ1n) is 5.54. The van der Waals surface area contributed by atoms with E-state index in [0.29, 0.717) is 5.84 Å². The van der Waals surface area contributed by atoms with Crippen LogP contribution < -0.4 is 5.32 Å². The lowest BCUT2D eigenvalue weighted by atomic mass is 10.1. The Morgan fingerprint density at radius 3 is 2.78 bits per heavy atom. The molecule has 0 amide bonds. The first-order chi connectivity index (χ1) is 8.58. The molecule has 0 aromatic carbocycles. The quantitative estimate of drug-likeness (QED) is 0.465. The summed E-state index contributed by atoms with van der Waals surface area (Å²) in [4.78, 5) is 5.01. The molecule has 18 heavy (non-hydrogen) atoms. The number of aliphatic hydroxyl groups excluding tert-OH is 3. The van der Waals surface area contributed by atoms with Gasteiger partial charge in [-0.1, -0.05) is 0 Å². The Kier molecular flexibility index (Phi) is 3.81. The molecule has 2 aliphatic rings. The molecule has 0 aliphatic carbocycles. The number of aliphatic hydroxyl groups is 3. The van der Waals surface area contributed by atoms with Crippen LogP contribution in [0.3, 0.4) is 0 Å². The van der Waals surface area contributed by atoms with E-state index in [1.807, 2.05) is 0 Å². The highest BCUT2D eigenvalue weighted by Crippen LogP contribution is 2.28. The molecule has 0 saturated carbocycles. The summed E-state index contributed by atoms with van der Waals surface area (Å²) in [6, 6.07) is 0. The number of nitrogens with one attached hydrogen (secondary N) is 1. The van der Waals surface area contributed by atoms with Crippen LogP contribution in [0.5, 0.6) is 0 Å². The smallest absolute Gasteiger partial charge is 0.208 e. The zero-order chi connectivity index (χ0) is 13.3. The van der Waals surface area contributed by atoms with Crippen LogP contribution in [0.1, 0.15) is 0 Å². The Labute approximate surface area is 103 Å². The third-order valence-corrected chi connectivity index (χ3v) is 2.97. The molecule has 2 rings (SSSR count). The predicted molar refractivity (Wildman–Crippen MR) is 60.1 cm³/mol. The van der Waals surface area contributed by atoms with Crippen LogP contribution in [-0.4, -0.2) is 70.7 Å². The molecular weight excluding hydrogens is 245 g/mol. The Morgan fingerprint density at radius 1 is 1.56 bits per heavy atom. The Morgan fingerprint density at radius 2 is 2.28 bits per heavy atom. The second-order valence-corrected chi connectivity index (χ2v) is 4.07. The molecule has 0 aromatic rings. The monoisotopic (exact) mass is 261 g/mol. The fraction of sp³-hybridized carbons (Fsp3) is 0.700. The predicted octanol–water partition coefficient (Wildman–Crippen LogP) is -1.87. The highest BCUT2D eigenvalue weighted by molar-refractivity contribution is 5.93. The molecule has 5 unspecified atom stereocenters. The number of alkyl halides is 1. The molecule has 0 bridgehead atoms. The maximum Gasteiger partial charge on any atom is 0.208 e. The molecule has 5 atom stereocenters. The highest BCUT2D eigenvalue weighted by atomic mass is 19.1. The molecule has 7 nitrogen and oxygen atoms in total. The summed E-state index contributed by atoms with van der Waals surface area (Å²) in [5.74, 6) is 0.450. The van der Waals surface area contributed by atoms with Crippen molar-refractivity contribution in [3.05, 3.63) is 12.3 Å². The molecule has 8 heteroatoms. The summed E-state index contributed by atoms with van der Waals surface area (Å²) in [5.41, 5.74) is 0. The second kappa shape index (κ2) is 5.19. The van der Waals surface area contributed by atoms with Crippen molar-refractivity contribution in [3.8, 4) is 0 Å². The summed E-state index contributed by atoms with van der Waals surface area (Å²) in [6.07, 6.45) is -3.53. The van der Waals surface area contributed by atoms with Crippen LogP contribution in [0.15, 0.2) is 17.3 Å². The largest absolute Gasteiger partial charge is 0.394 e. The van der Waals surface area contributed by atoms with Crippen LogP contribution in [0.4, 0.5) is 4.39 Å². The molecule has 0 radical (unpaired) electrons. The standard InChI is InChI=1S/C10H16FN3O4/c1-12-6-2-3-14(10(17)13-6)9-7(11)8(16)5(4-15)18-9/h2-3,5,7-10,15-17H,4H2,1H3,(H,12,13). The number of hydrogen-bond acceptors (Lipinski definition) is 6. The molecule has 0 aromatic heterocycles. The number of ether oxygens (including phenoxy) is 1. The minimum atomic E-state index is -1.72. The molecule has 2 aliphatic heterocycles. The van der Waals surface area contributed by atoms with Crippen LogP contribution >= 0.6 is 0 Å². The van der Waals surface area contributed by atoms with E-state index in [9.17, 15) is 14.6 Å². The minimum absolute atomic E-state index is 0.450. The second-order valence-electron chi connectivity index (χ2n) is 4.07. The zero-order valence-electron chi connectivity index (χ0n) is 9.77. The first-order valence-corrected chi connectivity index (χ1v) is 5.54. The van der Waals surface area contributed by atoms with Gasteiger partial charge < -0.3 is 30.3 Å². The van der Waals surface area contributed by atoms with Gasteiger partial charge in [-0.05, 0) is 6.08 Å². The van der Waals surface area contributed by atoms with Crippen molar-refractivity contribution in [2.45, 2.75) is 31.0 Å². The number of aliphatic imine (C=N–C) groups is 1. The van der Waals surface area contributed by atoms with Gasteiger partial charge in [0, 0.05) is 13.2 Å². The van der Waals surface area contributed by atoms with Crippen molar-refractivity contribution in [1.29, 1.82) is 0 Å². The molecular formula is C10H16FN3O4. The van der Waals surface area contributed by atoms with Gasteiger partial charge in [0.15, 0.2) is 12.4 Å². The Bertz CT molecular complexity index is 365. The third-order valence-electron chi connectivity index (χ3n) is 2.97. The molecule has 1 fully saturated rings. The normalized spacial score (nSPS) is 42.4. The van der Waals surface area contributed by atoms with Gasteiger partial charge in [0.25, 0.3) is 0 Å². The maximum atomic E-state index is 13.8. The lowest BCUT2D eigenvalue weighted by molar-refractivity contribution is -0.127. The van der Waals surface area contributed by atoms with Gasteiger partial charge in [0.2, 0.25) is 6.35 Å². The summed E-state index contributed by atoms with van der Waals surface area (Å²) in [5, 5.41) is 30.8. The Hall–Kier alpha value is -1.22. The summed E-state index contributed by atoms with van der Waals surface area (Å²) < 4.78 is 19.0. The topological polar surface area (TPSA) is 97.6 Å². The van der Waals surface area contributed by atoms with Gasteiger partial charge in [0.05, 0.1) is 6.61 Å². The number of rotatable bonds is 2. The van der Waals surface area contributed by atoms with Gasteiger partial charge in [-0.3, -0.25) is 4.99 Å². The average molecular weight is 261 g/mol. The van der Waals surface area contributed by atoms with Crippen LogP contribution in [0.2, 0.25) is 0 Å². The molecule has 2 heterocycles. The van der Waals surface area contributed by atoms with Crippen molar-refractivity contribution in [2.24, 2.45) is 4.99 Å². The van der Waals surface area contributed by atoms with Crippen LogP contribution in [-0.2, 0) is 4.74 Å². The Balaban J connectivity index is 2.13. The van der Waals surface area contributed by atoms with Crippen molar-refractivity contribution in [3.63, 3.8) is 0 Å². The van der Waals surface area contributed by atoms with Gasteiger partial charge in [-0.2, -0.15) is 0 Å². The fourth-order valence-electron chi connectivity index (χ4n) is 1.95. The first kappa shape index (κ1) is 13.2. The summed E-state index contributed by atoms with van der Waals surface area (Å²) in [6.45, 7) is -0.485. The van der Waals surface area contributed by atoms with E-state index in [4.69, 9.17) is 9.84 Å². The molecule has 1 saturated heterocycles. The maximum absolute atomic E-state index is 13.8. The minimum Gasteiger partial charge on any atom is -0.394 e. The van der Waals surface area contributed by atoms with E-state index in [-0.39, 0.29) is 0 Å². The van der Waals surface area contributed by atoms with Gasteiger partial charge in [-0.25, -0.2) is 4.39 Å². The number of hydrogen-bond donors (Lipinski definition) is 4. The van der Waals surface area contributed by atoms with Gasteiger partial charge >= 0.3 is 0 Å². The lowest BCUT2D eigenvalue weighted by Gasteiger charge is -2.35. The lowest BCUT2D eigenvalue weighted by Crippen LogP contribution is -2.54.